The molecule has 18 nitrogen and oxygen atoms in total. The van der Waals surface area contributed by atoms with Crippen LogP contribution in [0.5, 0.6) is 0 Å². The number of methoxy groups -OCH3 is 3. The zero-order valence-corrected chi connectivity index (χ0v) is 46.7. The summed E-state index contributed by atoms with van der Waals surface area (Å²) in [6, 6.07) is 7.34. The lowest BCUT2D eigenvalue weighted by Gasteiger charge is -2.52. The molecule has 1 aromatic heterocycles. The summed E-state index contributed by atoms with van der Waals surface area (Å²) in [5.41, 5.74) is -1.15. The highest BCUT2D eigenvalue weighted by molar-refractivity contribution is 5.86. The Morgan fingerprint density at radius 2 is 1.59 bits per heavy atom. The van der Waals surface area contributed by atoms with Crippen molar-refractivity contribution in [1.82, 2.24) is 19.9 Å². The van der Waals surface area contributed by atoms with Gasteiger partial charge in [-0.2, -0.15) is 0 Å². The lowest BCUT2D eigenvalue weighted by Crippen LogP contribution is -2.61. The summed E-state index contributed by atoms with van der Waals surface area (Å²) in [5, 5.41) is 53.3. The van der Waals surface area contributed by atoms with Crippen LogP contribution in [0.25, 0.3) is 0 Å². The second-order valence-corrected chi connectivity index (χ2v) is 22.7. The molecule has 4 N–H and O–H groups in total. The average molecular weight is 1050 g/mol. The van der Waals surface area contributed by atoms with E-state index in [1.54, 1.807) is 59.9 Å². The van der Waals surface area contributed by atoms with Gasteiger partial charge in [0.05, 0.1) is 66.5 Å². The van der Waals surface area contributed by atoms with Crippen LogP contribution in [0, 0.1) is 35.0 Å². The van der Waals surface area contributed by atoms with Crippen LogP contribution in [0.3, 0.4) is 0 Å². The number of nitrogens with one attached hydrogen (secondary N) is 1. The standard InChI is InChI=1S/C55H91FN6O12/c1-15-44-55(10,66)49(63)36(6)47(57)32(2)28-54(9,69-14)51(34(4)46(35(5)52(65)73-44)43-29-53(8,68-13)50(64)37(7)72-43)74-45-27-41(26-33(3)71-45)60(11)21-20-39-31-62(59-58-39)42(30-56)48(67-12)38-16-18-40(19-17-38)61-22-24-70-25-23-61/h16-19,31-37,41-46,48-51,57,63-64,66H,15,20-30H2,1-14H3/t32-,33-,34+,35-,36+,37+,41+,42-,43?,44-,45+,46+,48-,49-,50+,51-,53-,54-,55-/m1/s1. The molecule has 19 atom stereocenters. The first kappa shape index (κ1) is 60.0. The van der Waals surface area contributed by atoms with Crippen LogP contribution in [-0.2, 0) is 49.1 Å². The molecular formula is C55H91FN6O12. The molecule has 0 saturated carbocycles. The number of anilines is 1. The van der Waals surface area contributed by atoms with Crippen molar-refractivity contribution in [2.24, 2.45) is 29.6 Å². The number of hydrogen-bond acceptors (Lipinski definition) is 17. The SMILES string of the molecule is CC[C@H]1OC(=O)[C@H](C)[C@@H](C2C[C@@](C)(OC)[C@@H](O)[C@H](C)O2)[C@H](C)[C@@H](O[C@H]2C[C@@H](N(C)CCc3cn([C@H](CF)[C@H](OC)c4ccc(N5CCOCC5)cc4)nn3)C[C@@H](C)O2)[C@](C)(OC)C[C@@H](C)C(=N)[C@H](C)[C@@H](O)[C@]1(C)O. The molecule has 4 saturated heterocycles. The zero-order valence-electron chi connectivity index (χ0n) is 46.7. The molecule has 1 aromatic carbocycles. The van der Waals surface area contributed by atoms with Crippen LogP contribution < -0.4 is 4.90 Å². The first-order valence-electron chi connectivity index (χ1n) is 27.0. The summed E-state index contributed by atoms with van der Waals surface area (Å²) in [4.78, 5) is 19.2. The number of carbonyl (C=O) groups excluding carboxylic acids is 1. The van der Waals surface area contributed by atoms with Gasteiger partial charge >= 0.3 is 5.97 Å². The van der Waals surface area contributed by atoms with Gasteiger partial charge in [-0.15, -0.1) is 5.10 Å². The maximum atomic E-state index is 14.9. The number of rotatable bonds is 16. The van der Waals surface area contributed by atoms with Gasteiger partial charge in [-0.1, -0.05) is 52.0 Å². The Morgan fingerprint density at radius 1 is 0.932 bits per heavy atom. The Morgan fingerprint density at radius 3 is 2.20 bits per heavy atom. The third-order valence-electron chi connectivity index (χ3n) is 17.5. The van der Waals surface area contributed by atoms with Crippen molar-refractivity contribution in [2.45, 2.75) is 192 Å². The van der Waals surface area contributed by atoms with Crippen LogP contribution in [0.15, 0.2) is 30.5 Å². The number of morpholine rings is 1. The average Bonchev–Trinajstić information content (AvgIpc) is 3.87. The summed E-state index contributed by atoms with van der Waals surface area (Å²) < 4.78 is 67.3. The van der Waals surface area contributed by atoms with Gasteiger partial charge in [-0.3, -0.25) is 4.79 Å². The molecule has 4 aliphatic heterocycles. The fourth-order valence-corrected chi connectivity index (χ4v) is 12.6. The Balaban J connectivity index is 1.25. The van der Waals surface area contributed by atoms with Gasteiger partial charge in [0, 0.05) is 95.7 Å². The smallest absolute Gasteiger partial charge is 0.309 e. The normalized spacial score (nSPS) is 39.1. The van der Waals surface area contributed by atoms with Crippen molar-refractivity contribution in [3.8, 4) is 0 Å². The number of carbonyl (C=O) groups is 1. The van der Waals surface area contributed by atoms with Crippen LogP contribution in [-0.4, -0.2) is 187 Å². The molecule has 6 rings (SSSR count). The van der Waals surface area contributed by atoms with Crippen LogP contribution in [0.1, 0.15) is 125 Å². The van der Waals surface area contributed by atoms with E-state index in [0.29, 0.717) is 32.6 Å². The quantitative estimate of drug-likeness (QED) is 0.139. The third-order valence-corrected chi connectivity index (χ3v) is 17.5. The minimum Gasteiger partial charge on any atom is -0.459 e. The Labute approximate surface area is 439 Å². The fourth-order valence-electron chi connectivity index (χ4n) is 12.6. The number of aliphatic hydroxyl groups excluding tert-OH is 2. The van der Waals surface area contributed by atoms with Gasteiger partial charge in [-0.05, 0) is 90.5 Å². The summed E-state index contributed by atoms with van der Waals surface area (Å²) in [7, 11) is 6.83. The maximum absolute atomic E-state index is 14.9. The van der Waals surface area contributed by atoms with E-state index in [2.05, 4.69) is 27.2 Å². The second kappa shape index (κ2) is 25.5. The molecule has 19 heteroatoms. The number of alkyl halides is 1. The molecular weight excluding hydrogens is 956 g/mol. The lowest BCUT2D eigenvalue weighted by molar-refractivity contribution is -0.278. The first-order chi connectivity index (χ1) is 35.0. The predicted molar refractivity (Wildman–Crippen MR) is 278 cm³/mol. The van der Waals surface area contributed by atoms with Crippen molar-refractivity contribution in [1.29, 1.82) is 5.41 Å². The molecule has 420 valence electrons. The fraction of sp³-hybridized carbons (Fsp3) is 0.818. The predicted octanol–water partition coefficient (Wildman–Crippen LogP) is 6.13. The molecule has 74 heavy (non-hydrogen) atoms. The molecule has 0 amide bonds. The topological polar surface area (TPSA) is 213 Å². The van der Waals surface area contributed by atoms with Crippen molar-refractivity contribution in [3.63, 3.8) is 0 Å². The van der Waals surface area contributed by atoms with E-state index in [9.17, 15) is 29.9 Å². The molecule has 2 aromatic rings. The first-order valence-corrected chi connectivity index (χ1v) is 27.0. The number of hydrogen-bond donors (Lipinski definition) is 4. The number of ether oxygens (including phenoxy) is 8. The van der Waals surface area contributed by atoms with Crippen molar-refractivity contribution >= 4 is 17.4 Å². The molecule has 0 spiro atoms. The van der Waals surface area contributed by atoms with E-state index in [-0.39, 0.29) is 37.1 Å². The van der Waals surface area contributed by atoms with Gasteiger partial charge in [0.25, 0.3) is 0 Å². The van der Waals surface area contributed by atoms with E-state index in [4.69, 9.17) is 37.9 Å². The molecule has 0 radical (unpaired) electrons. The molecule has 1 unspecified atom stereocenters. The Kier molecular flexibility index (Phi) is 20.7. The van der Waals surface area contributed by atoms with E-state index in [0.717, 1.165) is 36.5 Å². The van der Waals surface area contributed by atoms with Crippen molar-refractivity contribution in [3.05, 3.63) is 41.7 Å². The van der Waals surface area contributed by atoms with Crippen LogP contribution in [0.2, 0.25) is 0 Å². The lowest BCUT2D eigenvalue weighted by atomic mass is 9.67. The van der Waals surface area contributed by atoms with E-state index >= 15 is 0 Å². The monoisotopic (exact) mass is 1050 g/mol. The second-order valence-electron chi connectivity index (χ2n) is 22.7. The number of halogens is 1. The number of esters is 1. The van der Waals surface area contributed by atoms with E-state index < -0.39 is 114 Å². The highest BCUT2D eigenvalue weighted by Crippen LogP contribution is 2.46. The van der Waals surface area contributed by atoms with Crippen LogP contribution >= 0.6 is 0 Å². The van der Waals surface area contributed by atoms with Gasteiger partial charge in [-0.25, -0.2) is 9.07 Å². The maximum Gasteiger partial charge on any atom is 0.309 e. The molecule has 4 aliphatic rings. The van der Waals surface area contributed by atoms with E-state index in [1.807, 2.05) is 58.9 Å². The molecule has 5 heterocycles. The number of cyclic esters (lactones) is 1. The number of aliphatic hydroxyl groups is 3. The highest BCUT2D eigenvalue weighted by atomic mass is 19.1. The van der Waals surface area contributed by atoms with Crippen molar-refractivity contribution in [2.75, 3.05) is 72.8 Å². The number of nitrogens with zero attached hydrogens (tertiary/aromatic N) is 5. The summed E-state index contributed by atoms with van der Waals surface area (Å²) in [5.74, 6) is -3.82. The number of aromatic nitrogens is 3. The highest BCUT2D eigenvalue weighted by Gasteiger charge is 2.55. The molecule has 4 fully saturated rings. The van der Waals surface area contributed by atoms with Gasteiger partial charge in [0.15, 0.2) is 6.29 Å². The Hall–Kier alpha value is -3.21. The largest absolute Gasteiger partial charge is 0.459 e. The summed E-state index contributed by atoms with van der Waals surface area (Å²) >= 11 is 0. The summed E-state index contributed by atoms with van der Waals surface area (Å²) in [6.45, 7) is 21.2. The number of likely N-dealkylation sites (N-methyl/N-ethyl adjacent to an activating group) is 1. The zero-order chi connectivity index (χ0) is 54.4. The van der Waals surface area contributed by atoms with E-state index in [1.165, 1.54) is 6.92 Å². The van der Waals surface area contributed by atoms with Crippen LogP contribution in [0.4, 0.5) is 10.1 Å². The molecule has 0 aliphatic carbocycles. The van der Waals surface area contributed by atoms with Gasteiger partial charge in [0.2, 0.25) is 0 Å². The minimum absolute atomic E-state index is 0.0163. The number of benzene rings is 1. The Bertz CT molecular complexity index is 2100. The minimum atomic E-state index is -1.88. The van der Waals surface area contributed by atoms with Gasteiger partial charge < -0.3 is 68.4 Å². The third kappa shape index (κ3) is 13.2. The van der Waals surface area contributed by atoms with Crippen molar-refractivity contribution < 1.29 is 62.4 Å². The molecule has 0 bridgehead atoms. The van der Waals surface area contributed by atoms with Gasteiger partial charge in [0.1, 0.15) is 36.6 Å². The summed E-state index contributed by atoms with van der Waals surface area (Å²) in [6.07, 6.45) is -2.73.